The van der Waals surface area contributed by atoms with Gasteiger partial charge in [0.2, 0.25) is 5.82 Å². The molecule has 1 aromatic heterocycles. The fourth-order valence-electron chi connectivity index (χ4n) is 2.13. The van der Waals surface area contributed by atoms with Crippen LogP contribution >= 0.6 is 0 Å². The fourth-order valence-corrected chi connectivity index (χ4v) is 2.13. The van der Waals surface area contributed by atoms with E-state index in [0.29, 0.717) is 5.82 Å². The van der Waals surface area contributed by atoms with Crippen LogP contribution in [0.4, 0.5) is 0 Å². The molecule has 0 saturated heterocycles. The number of benzene rings is 2. The van der Waals surface area contributed by atoms with Crippen LogP contribution in [0.15, 0.2) is 42.5 Å². The van der Waals surface area contributed by atoms with Crippen molar-refractivity contribution in [3.8, 4) is 22.5 Å². The summed E-state index contributed by atoms with van der Waals surface area (Å²) < 4.78 is 0. The number of nitrogens with one attached hydrogen (secondary N) is 1. The molecule has 3 aromatic rings. The first-order chi connectivity index (χ1) is 9.24. The SMILES string of the molecule is Cc1ccc(C)c(-c2ccc(-c3nn[nH]n3)cc2)c1. The average molecular weight is 250 g/mol. The third-order valence-corrected chi connectivity index (χ3v) is 3.19. The van der Waals surface area contributed by atoms with Crippen molar-refractivity contribution in [2.75, 3.05) is 0 Å². The molecule has 0 aliphatic rings. The molecule has 94 valence electrons. The van der Waals surface area contributed by atoms with Gasteiger partial charge in [0.05, 0.1) is 0 Å². The van der Waals surface area contributed by atoms with Gasteiger partial charge < -0.3 is 0 Å². The topological polar surface area (TPSA) is 54.5 Å². The minimum atomic E-state index is 0.618. The highest BCUT2D eigenvalue weighted by Gasteiger charge is 2.05. The predicted octanol–water partition coefficient (Wildman–Crippen LogP) is 3.15. The van der Waals surface area contributed by atoms with Gasteiger partial charge in [-0.15, -0.1) is 10.2 Å². The summed E-state index contributed by atoms with van der Waals surface area (Å²) in [7, 11) is 0. The molecule has 0 fully saturated rings. The van der Waals surface area contributed by atoms with Gasteiger partial charge in [-0.05, 0) is 35.8 Å². The maximum atomic E-state index is 3.97. The number of nitrogens with zero attached hydrogens (tertiary/aromatic N) is 3. The number of tetrazole rings is 1. The Kier molecular flexibility index (Phi) is 2.83. The van der Waals surface area contributed by atoms with Crippen LogP contribution in [0.2, 0.25) is 0 Å². The van der Waals surface area contributed by atoms with Crippen molar-refractivity contribution in [3.63, 3.8) is 0 Å². The Bertz CT molecular complexity index is 685. The van der Waals surface area contributed by atoms with E-state index in [1.807, 2.05) is 12.1 Å². The van der Waals surface area contributed by atoms with Crippen LogP contribution < -0.4 is 0 Å². The summed E-state index contributed by atoms with van der Waals surface area (Å²) in [6.07, 6.45) is 0. The van der Waals surface area contributed by atoms with E-state index in [-0.39, 0.29) is 0 Å². The summed E-state index contributed by atoms with van der Waals surface area (Å²) in [5.41, 5.74) is 5.97. The largest absolute Gasteiger partial charge is 0.204 e. The van der Waals surface area contributed by atoms with Crippen LogP contribution in [0.1, 0.15) is 11.1 Å². The lowest BCUT2D eigenvalue weighted by Crippen LogP contribution is -1.86. The molecule has 0 aliphatic heterocycles. The molecule has 2 aromatic carbocycles. The van der Waals surface area contributed by atoms with E-state index in [9.17, 15) is 0 Å². The normalized spacial score (nSPS) is 10.6. The second-order valence-corrected chi connectivity index (χ2v) is 4.63. The number of rotatable bonds is 2. The van der Waals surface area contributed by atoms with Gasteiger partial charge >= 0.3 is 0 Å². The zero-order valence-electron chi connectivity index (χ0n) is 10.9. The highest BCUT2D eigenvalue weighted by atomic mass is 15.5. The van der Waals surface area contributed by atoms with Crippen LogP contribution in [0.25, 0.3) is 22.5 Å². The van der Waals surface area contributed by atoms with Crippen molar-refractivity contribution >= 4 is 0 Å². The Balaban J connectivity index is 2.01. The van der Waals surface area contributed by atoms with E-state index in [2.05, 4.69) is 64.8 Å². The summed E-state index contributed by atoms with van der Waals surface area (Å²) in [6, 6.07) is 14.7. The molecular weight excluding hydrogens is 236 g/mol. The molecule has 3 rings (SSSR count). The van der Waals surface area contributed by atoms with Crippen molar-refractivity contribution in [2.45, 2.75) is 13.8 Å². The number of hydrogen-bond acceptors (Lipinski definition) is 3. The number of aromatic nitrogens is 4. The Morgan fingerprint density at radius 1 is 0.895 bits per heavy atom. The molecule has 0 spiro atoms. The maximum absolute atomic E-state index is 3.97. The Morgan fingerprint density at radius 3 is 2.32 bits per heavy atom. The van der Waals surface area contributed by atoms with Gasteiger partial charge in [-0.2, -0.15) is 5.21 Å². The van der Waals surface area contributed by atoms with Gasteiger partial charge in [0.15, 0.2) is 0 Å². The third-order valence-electron chi connectivity index (χ3n) is 3.19. The van der Waals surface area contributed by atoms with Crippen LogP contribution in [-0.2, 0) is 0 Å². The van der Waals surface area contributed by atoms with Crippen molar-refractivity contribution in [1.82, 2.24) is 20.6 Å². The minimum Gasteiger partial charge on any atom is -0.177 e. The fraction of sp³-hybridized carbons (Fsp3) is 0.133. The van der Waals surface area contributed by atoms with Gasteiger partial charge in [0, 0.05) is 5.56 Å². The van der Waals surface area contributed by atoms with Crippen LogP contribution in [-0.4, -0.2) is 20.6 Å². The standard InChI is InChI=1S/C15H14N4/c1-10-3-4-11(2)14(9-10)12-5-7-13(8-6-12)15-16-18-19-17-15/h3-9H,1-2H3,(H,16,17,18,19). The molecule has 1 heterocycles. The van der Waals surface area contributed by atoms with Crippen LogP contribution in [0.3, 0.4) is 0 Å². The number of aromatic amines is 1. The number of hydrogen-bond donors (Lipinski definition) is 1. The molecule has 1 N–H and O–H groups in total. The Hall–Kier alpha value is -2.49. The lowest BCUT2D eigenvalue weighted by atomic mass is 9.97. The van der Waals surface area contributed by atoms with E-state index >= 15 is 0 Å². The molecule has 0 radical (unpaired) electrons. The first-order valence-corrected chi connectivity index (χ1v) is 6.15. The quantitative estimate of drug-likeness (QED) is 0.760. The molecule has 0 bridgehead atoms. The van der Waals surface area contributed by atoms with Gasteiger partial charge in [-0.1, -0.05) is 48.0 Å². The number of H-pyrrole nitrogens is 1. The van der Waals surface area contributed by atoms with Crippen LogP contribution in [0.5, 0.6) is 0 Å². The first kappa shape index (κ1) is 11.6. The molecule has 0 atom stereocenters. The lowest BCUT2D eigenvalue weighted by Gasteiger charge is -2.07. The minimum absolute atomic E-state index is 0.618. The summed E-state index contributed by atoms with van der Waals surface area (Å²) in [5, 5.41) is 14.0. The van der Waals surface area contributed by atoms with Crippen LogP contribution in [0, 0.1) is 13.8 Å². The van der Waals surface area contributed by atoms with E-state index in [1.54, 1.807) is 0 Å². The third kappa shape index (κ3) is 2.25. The number of aryl methyl sites for hydroxylation is 2. The van der Waals surface area contributed by atoms with Crippen molar-refractivity contribution < 1.29 is 0 Å². The summed E-state index contributed by atoms with van der Waals surface area (Å²) >= 11 is 0. The highest BCUT2D eigenvalue weighted by molar-refractivity contribution is 5.70. The van der Waals surface area contributed by atoms with E-state index in [0.717, 1.165) is 5.56 Å². The van der Waals surface area contributed by atoms with E-state index in [1.165, 1.54) is 22.3 Å². The first-order valence-electron chi connectivity index (χ1n) is 6.15. The highest BCUT2D eigenvalue weighted by Crippen LogP contribution is 2.26. The summed E-state index contributed by atoms with van der Waals surface area (Å²) in [6.45, 7) is 4.23. The summed E-state index contributed by atoms with van der Waals surface area (Å²) in [4.78, 5) is 0. The molecule has 4 nitrogen and oxygen atoms in total. The Morgan fingerprint density at radius 2 is 1.63 bits per heavy atom. The zero-order chi connectivity index (χ0) is 13.2. The molecule has 0 unspecified atom stereocenters. The van der Waals surface area contributed by atoms with Crippen molar-refractivity contribution in [3.05, 3.63) is 53.6 Å². The molecule has 0 aliphatic carbocycles. The molecule has 0 amide bonds. The van der Waals surface area contributed by atoms with Gasteiger partial charge in [-0.3, -0.25) is 0 Å². The molecule has 4 heteroatoms. The van der Waals surface area contributed by atoms with Gasteiger partial charge in [0.25, 0.3) is 0 Å². The monoisotopic (exact) mass is 250 g/mol. The Labute approximate surface area is 111 Å². The van der Waals surface area contributed by atoms with Gasteiger partial charge in [-0.25, -0.2) is 0 Å². The lowest BCUT2D eigenvalue weighted by molar-refractivity contribution is 0.881. The maximum Gasteiger partial charge on any atom is 0.204 e. The predicted molar refractivity (Wildman–Crippen MR) is 74.5 cm³/mol. The second-order valence-electron chi connectivity index (χ2n) is 4.63. The van der Waals surface area contributed by atoms with Gasteiger partial charge in [0.1, 0.15) is 0 Å². The van der Waals surface area contributed by atoms with Crippen molar-refractivity contribution in [2.24, 2.45) is 0 Å². The summed E-state index contributed by atoms with van der Waals surface area (Å²) in [5.74, 6) is 0.618. The van der Waals surface area contributed by atoms with E-state index in [4.69, 9.17) is 0 Å². The smallest absolute Gasteiger partial charge is 0.177 e. The molecular formula is C15H14N4. The van der Waals surface area contributed by atoms with Crippen molar-refractivity contribution in [1.29, 1.82) is 0 Å². The second kappa shape index (κ2) is 4.65. The van der Waals surface area contributed by atoms with E-state index < -0.39 is 0 Å². The zero-order valence-corrected chi connectivity index (χ0v) is 10.9. The molecule has 19 heavy (non-hydrogen) atoms. The average Bonchev–Trinajstić information content (AvgIpc) is 2.96. The molecule has 0 saturated carbocycles.